The summed E-state index contributed by atoms with van der Waals surface area (Å²) in [5.41, 5.74) is 1.40. The maximum Gasteiger partial charge on any atom is 0.418 e. The lowest BCUT2D eigenvalue weighted by molar-refractivity contribution is -0.136. The van der Waals surface area contributed by atoms with Crippen molar-refractivity contribution in [3.8, 4) is 11.4 Å². The number of para-hydroxylation sites is 1. The fraction of sp³-hybridized carbons (Fsp3) is 0.370. The molecule has 1 N–H and O–H groups in total. The van der Waals surface area contributed by atoms with Crippen molar-refractivity contribution in [3.05, 3.63) is 71.4 Å². The maximum absolute atomic E-state index is 13.4. The summed E-state index contributed by atoms with van der Waals surface area (Å²) in [6.07, 6.45) is -4.11. The summed E-state index contributed by atoms with van der Waals surface area (Å²) >= 11 is 0. The second kappa shape index (κ2) is 10.0. The molecule has 2 atom stereocenters. The molecule has 1 saturated heterocycles. The van der Waals surface area contributed by atoms with Crippen molar-refractivity contribution in [1.82, 2.24) is 14.9 Å². The minimum absolute atomic E-state index is 0.00333. The van der Waals surface area contributed by atoms with Gasteiger partial charge >= 0.3 is 12.2 Å². The Morgan fingerprint density at radius 2 is 1.68 bits per heavy atom. The Morgan fingerprint density at radius 1 is 1.00 bits per heavy atom. The van der Waals surface area contributed by atoms with E-state index in [9.17, 15) is 18.0 Å². The van der Waals surface area contributed by atoms with Crippen molar-refractivity contribution in [2.75, 3.05) is 29.9 Å². The lowest BCUT2D eigenvalue weighted by Crippen LogP contribution is -2.47. The van der Waals surface area contributed by atoms with E-state index in [0.717, 1.165) is 28.7 Å². The number of carbonyl (C=O) groups excluding carboxylic acids is 1. The number of rotatable bonds is 3. The Labute approximate surface area is 213 Å². The molecule has 5 rings (SSSR count). The molecule has 1 fully saturated rings. The number of nitrogens with one attached hydrogen (secondary N) is 1. The first-order valence-electron chi connectivity index (χ1n) is 12.3. The first kappa shape index (κ1) is 25.0. The van der Waals surface area contributed by atoms with Gasteiger partial charge in [-0.3, -0.25) is 0 Å². The van der Waals surface area contributed by atoms with Crippen LogP contribution in [0.2, 0.25) is 0 Å². The van der Waals surface area contributed by atoms with E-state index in [2.05, 4.69) is 10.2 Å². The molecule has 1 aromatic heterocycles. The highest BCUT2D eigenvalue weighted by atomic mass is 19.4. The van der Waals surface area contributed by atoms with Crippen LogP contribution in [0.5, 0.6) is 0 Å². The lowest BCUT2D eigenvalue weighted by atomic mass is 10.0. The molecule has 0 bridgehead atoms. The Kier molecular flexibility index (Phi) is 6.76. The van der Waals surface area contributed by atoms with Gasteiger partial charge in [0.2, 0.25) is 0 Å². The van der Waals surface area contributed by atoms with E-state index < -0.39 is 17.8 Å². The zero-order valence-corrected chi connectivity index (χ0v) is 20.6. The SMILES string of the molecule is CC1CN(c2nc(-c3ccccc3)nc3c2CN(C(=O)Nc2ccccc2C(F)(F)F)CC3)CC(C)O1. The average molecular weight is 512 g/mol. The molecule has 2 unspecified atom stereocenters. The molecule has 2 aliphatic rings. The summed E-state index contributed by atoms with van der Waals surface area (Å²) in [6, 6.07) is 14.1. The van der Waals surface area contributed by atoms with Crippen LogP contribution in [0.25, 0.3) is 11.4 Å². The molecule has 0 spiro atoms. The van der Waals surface area contributed by atoms with Gasteiger partial charge in [-0.25, -0.2) is 14.8 Å². The third-order valence-corrected chi connectivity index (χ3v) is 6.55. The van der Waals surface area contributed by atoms with E-state index in [1.165, 1.54) is 23.1 Å². The number of urea groups is 1. The predicted octanol–water partition coefficient (Wildman–Crippen LogP) is 5.37. The molecule has 3 aromatic rings. The van der Waals surface area contributed by atoms with Crippen molar-refractivity contribution in [2.45, 2.75) is 45.2 Å². The first-order chi connectivity index (χ1) is 17.7. The Balaban J connectivity index is 1.47. The number of fused-ring (bicyclic) bond motifs is 1. The summed E-state index contributed by atoms with van der Waals surface area (Å²) in [4.78, 5) is 26.5. The van der Waals surface area contributed by atoms with E-state index in [4.69, 9.17) is 14.7 Å². The molecule has 2 aliphatic heterocycles. The number of carbonyl (C=O) groups is 1. The number of aromatic nitrogens is 2. The molecule has 37 heavy (non-hydrogen) atoms. The number of hydrogen-bond donors (Lipinski definition) is 1. The van der Waals surface area contributed by atoms with Gasteiger partial charge in [0, 0.05) is 37.2 Å². The van der Waals surface area contributed by atoms with Crippen LogP contribution >= 0.6 is 0 Å². The number of ether oxygens (including phenoxy) is 1. The summed E-state index contributed by atoms with van der Waals surface area (Å²) in [5, 5.41) is 2.46. The van der Waals surface area contributed by atoms with Crippen LogP contribution in [0.4, 0.5) is 29.5 Å². The normalized spacial score (nSPS) is 19.9. The zero-order valence-electron chi connectivity index (χ0n) is 20.6. The number of benzene rings is 2. The van der Waals surface area contributed by atoms with E-state index >= 15 is 0 Å². The van der Waals surface area contributed by atoms with Gasteiger partial charge in [0.25, 0.3) is 0 Å². The second-order valence-electron chi connectivity index (χ2n) is 9.47. The van der Waals surface area contributed by atoms with E-state index in [-0.39, 0.29) is 24.4 Å². The standard InChI is InChI=1S/C27H28F3N5O2/c1-17-14-35(15-18(2)37-17)25-20-16-34(26(36)32-23-11-7-6-10-21(23)27(28,29)30)13-12-22(20)31-24(33-25)19-8-4-3-5-9-19/h3-11,17-18H,12-16H2,1-2H3,(H,32,36). The van der Waals surface area contributed by atoms with Crippen molar-refractivity contribution >= 4 is 17.5 Å². The van der Waals surface area contributed by atoms with Gasteiger partial charge in [-0.15, -0.1) is 0 Å². The third-order valence-electron chi connectivity index (χ3n) is 6.55. The molecule has 0 aliphatic carbocycles. The highest BCUT2D eigenvalue weighted by Gasteiger charge is 2.35. The molecule has 7 nitrogen and oxygen atoms in total. The lowest BCUT2D eigenvalue weighted by Gasteiger charge is -2.39. The number of anilines is 2. The van der Waals surface area contributed by atoms with Crippen molar-refractivity contribution in [3.63, 3.8) is 0 Å². The minimum Gasteiger partial charge on any atom is -0.372 e. The van der Waals surface area contributed by atoms with Crippen LogP contribution in [-0.4, -0.2) is 52.7 Å². The van der Waals surface area contributed by atoms with E-state index in [1.54, 1.807) is 0 Å². The molecule has 0 radical (unpaired) electrons. The zero-order chi connectivity index (χ0) is 26.2. The molecule has 2 aromatic carbocycles. The average Bonchev–Trinajstić information content (AvgIpc) is 2.87. The topological polar surface area (TPSA) is 70.6 Å². The highest BCUT2D eigenvalue weighted by Crippen LogP contribution is 2.35. The van der Waals surface area contributed by atoms with Crippen molar-refractivity contribution in [2.24, 2.45) is 0 Å². The molecular formula is C27H28F3N5O2. The summed E-state index contributed by atoms with van der Waals surface area (Å²) in [5.74, 6) is 1.34. The van der Waals surface area contributed by atoms with Gasteiger partial charge in [-0.05, 0) is 26.0 Å². The van der Waals surface area contributed by atoms with E-state index in [0.29, 0.717) is 31.9 Å². The first-order valence-corrected chi connectivity index (χ1v) is 12.3. The van der Waals surface area contributed by atoms with Crippen LogP contribution in [0, 0.1) is 0 Å². The smallest absolute Gasteiger partial charge is 0.372 e. The molecule has 194 valence electrons. The van der Waals surface area contributed by atoms with Crippen LogP contribution in [-0.2, 0) is 23.9 Å². The van der Waals surface area contributed by atoms with Crippen LogP contribution in [0.15, 0.2) is 54.6 Å². The fourth-order valence-corrected chi connectivity index (χ4v) is 4.93. The number of halogens is 3. The van der Waals surface area contributed by atoms with Gasteiger partial charge in [0.15, 0.2) is 5.82 Å². The summed E-state index contributed by atoms with van der Waals surface area (Å²) in [7, 11) is 0. The number of hydrogen-bond acceptors (Lipinski definition) is 5. The highest BCUT2D eigenvalue weighted by molar-refractivity contribution is 5.90. The predicted molar refractivity (Wildman–Crippen MR) is 134 cm³/mol. The molecule has 0 saturated carbocycles. The van der Waals surface area contributed by atoms with Gasteiger partial charge in [0.05, 0.1) is 35.7 Å². The van der Waals surface area contributed by atoms with Crippen molar-refractivity contribution < 1.29 is 22.7 Å². The monoisotopic (exact) mass is 511 g/mol. The van der Waals surface area contributed by atoms with Gasteiger partial charge in [-0.2, -0.15) is 13.2 Å². The largest absolute Gasteiger partial charge is 0.418 e. The third kappa shape index (κ3) is 5.39. The second-order valence-corrected chi connectivity index (χ2v) is 9.47. The van der Waals surface area contributed by atoms with Gasteiger partial charge in [0.1, 0.15) is 5.82 Å². The Hall–Kier alpha value is -3.66. The summed E-state index contributed by atoms with van der Waals surface area (Å²) in [6.45, 7) is 5.80. The minimum atomic E-state index is -4.57. The van der Waals surface area contributed by atoms with Crippen LogP contribution < -0.4 is 10.2 Å². The molecule has 10 heteroatoms. The van der Waals surface area contributed by atoms with E-state index in [1.807, 2.05) is 44.2 Å². The molecule has 3 heterocycles. The number of morpholine rings is 1. The quantitative estimate of drug-likeness (QED) is 0.512. The number of alkyl halides is 3. The molecular weight excluding hydrogens is 483 g/mol. The summed E-state index contributed by atoms with van der Waals surface area (Å²) < 4.78 is 46.2. The fourth-order valence-electron chi connectivity index (χ4n) is 4.93. The van der Waals surface area contributed by atoms with Gasteiger partial charge in [-0.1, -0.05) is 42.5 Å². The van der Waals surface area contributed by atoms with Gasteiger partial charge < -0.3 is 19.9 Å². The maximum atomic E-state index is 13.4. The van der Waals surface area contributed by atoms with Crippen LogP contribution in [0.3, 0.4) is 0 Å². The Morgan fingerprint density at radius 3 is 2.38 bits per heavy atom. The van der Waals surface area contributed by atoms with Crippen LogP contribution in [0.1, 0.15) is 30.7 Å². The molecule has 2 amide bonds. The van der Waals surface area contributed by atoms with Crippen molar-refractivity contribution in [1.29, 1.82) is 0 Å². The number of amides is 2. The Bertz CT molecular complexity index is 1270. The number of nitrogens with zero attached hydrogens (tertiary/aromatic N) is 4.